The van der Waals surface area contributed by atoms with E-state index in [2.05, 4.69) is 23.2 Å². The number of aromatic nitrogens is 1. The predicted molar refractivity (Wildman–Crippen MR) is 93.6 cm³/mol. The molecule has 1 atom stereocenters. The third kappa shape index (κ3) is 3.13. The van der Waals surface area contributed by atoms with Crippen molar-refractivity contribution in [2.24, 2.45) is 0 Å². The van der Waals surface area contributed by atoms with Crippen LogP contribution >= 0.6 is 11.8 Å². The minimum absolute atomic E-state index is 0.307. The maximum Gasteiger partial charge on any atom is 0.328 e. The van der Waals surface area contributed by atoms with Crippen LogP contribution in [0.3, 0.4) is 0 Å². The number of carbonyl (C=O) groups excluding carboxylic acids is 3. The highest BCUT2D eigenvalue weighted by Gasteiger charge is 2.41. The molecular weight excluding hydrogens is 328 g/mol. The smallest absolute Gasteiger partial charge is 0.328 e. The number of amides is 2. The van der Waals surface area contributed by atoms with Crippen LogP contribution < -0.4 is 0 Å². The first kappa shape index (κ1) is 18.3. The summed E-state index contributed by atoms with van der Waals surface area (Å²) in [5, 5.41) is -0.457. The highest BCUT2D eigenvalue weighted by molar-refractivity contribution is 8.18. The molecule has 1 aliphatic rings. The lowest BCUT2D eigenvalue weighted by atomic mass is 10.2. The maximum absolute atomic E-state index is 12.5. The van der Waals surface area contributed by atoms with Crippen molar-refractivity contribution in [2.75, 3.05) is 7.11 Å². The number of aryl methyl sites for hydroxylation is 1. The minimum Gasteiger partial charge on any atom is -0.467 e. The third-order valence-electron chi connectivity index (χ3n) is 4.08. The molecule has 6 nitrogen and oxygen atoms in total. The summed E-state index contributed by atoms with van der Waals surface area (Å²) in [6.45, 7) is 9.66. The fourth-order valence-electron chi connectivity index (χ4n) is 2.97. The van der Waals surface area contributed by atoms with Crippen LogP contribution in [-0.4, -0.2) is 39.7 Å². The second-order valence-corrected chi connectivity index (χ2v) is 7.03. The van der Waals surface area contributed by atoms with Gasteiger partial charge in [0.1, 0.15) is 6.04 Å². The van der Waals surface area contributed by atoms with Crippen molar-refractivity contribution in [3.63, 3.8) is 0 Å². The van der Waals surface area contributed by atoms with Crippen molar-refractivity contribution in [3.05, 3.63) is 27.9 Å². The Bertz CT molecular complexity index is 733. The summed E-state index contributed by atoms with van der Waals surface area (Å²) >= 11 is 0.847. The summed E-state index contributed by atoms with van der Waals surface area (Å²) in [6, 6.07) is 1.37. The number of imide groups is 1. The van der Waals surface area contributed by atoms with Crippen LogP contribution in [0, 0.1) is 13.8 Å². The summed E-state index contributed by atoms with van der Waals surface area (Å²) in [5.74, 6) is -1.08. The number of carbonyl (C=O) groups is 3. The lowest BCUT2D eigenvalue weighted by molar-refractivity contribution is -0.148. The van der Waals surface area contributed by atoms with Gasteiger partial charge in [0.15, 0.2) is 0 Å². The average molecular weight is 350 g/mol. The standard InChI is InChI=1S/C17H22N2O4S/c1-9(2)18-10(3)7-13(11(18)4)8-14-15(20)19(17(22)24-14)12(5)16(21)23-6/h7-9,12H,1-6H3/b14-8-/t12-/m1/s1. The van der Waals surface area contributed by atoms with E-state index in [0.717, 1.165) is 33.6 Å². The molecule has 0 saturated carbocycles. The monoisotopic (exact) mass is 350 g/mol. The van der Waals surface area contributed by atoms with Gasteiger partial charge in [0, 0.05) is 17.4 Å². The van der Waals surface area contributed by atoms with Gasteiger partial charge >= 0.3 is 5.97 Å². The second kappa shape index (κ2) is 6.84. The summed E-state index contributed by atoms with van der Waals surface area (Å²) in [5.41, 5.74) is 3.03. The fourth-order valence-corrected chi connectivity index (χ4v) is 3.87. The van der Waals surface area contributed by atoms with Gasteiger partial charge in [0.2, 0.25) is 0 Å². The molecule has 0 spiro atoms. The van der Waals surface area contributed by atoms with E-state index < -0.39 is 23.2 Å². The van der Waals surface area contributed by atoms with Crippen LogP contribution in [0.25, 0.3) is 6.08 Å². The average Bonchev–Trinajstić information content (AvgIpc) is 2.94. The number of hydrogen-bond acceptors (Lipinski definition) is 5. The molecule has 1 fully saturated rings. The van der Waals surface area contributed by atoms with Gasteiger partial charge in [0.25, 0.3) is 11.1 Å². The predicted octanol–water partition coefficient (Wildman–Crippen LogP) is 3.28. The number of nitrogens with zero attached hydrogens (tertiary/aromatic N) is 2. The van der Waals surface area contributed by atoms with Gasteiger partial charge in [-0.2, -0.15) is 0 Å². The van der Waals surface area contributed by atoms with E-state index in [1.165, 1.54) is 14.0 Å². The Hall–Kier alpha value is -2.02. The molecule has 0 N–H and O–H groups in total. The number of methoxy groups -OCH3 is 1. The first-order chi connectivity index (χ1) is 11.2. The van der Waals surface area contributed by atoms with Crippen molar-refractivity contribution in [2.45, 2.75) is 46.7 Å². The molecule has 0 bridgehead atoms. The number of ether oxygens (including phenoxy) is 1. The summed E-state index contributed by atoms with van der Waals surface area (Å²) in [4.78, 5) is 37.5. The molecule has 0 aliphatic carbocycles. The number of hydrogen-bond donors (Lipinski definition) is 0. The Labute approximate surface area is 145 Å². The lowest BCUT2D eigenvalue weighted by Crippen LogP contribution is -2.42. The molecule has 1 aromatic heterocycles. The first-order valence-corrected chi connectivity index (χ1v) is 8.54. The molecule has 1 saturated heterocycles. The summed E-state index contributed by atoms with van der Waals surface area (Å²) < 4.78 is 6.80. The highest BCUT2D eigenvalue weighted by atomic mass is 32.2. The zero-order valence-electron chi connectivity index (χ0n) is 14.7. The fraction of sp³-hybridized carbons (Fsp3) is 0.471. The van der Waals surface area contributed by atoms with Crippen molar-refractivity contribution in [3.8, 4) is 0 Å². The van der Waals surface area contributed by atoms with E-state index >= 15 is 0 Å². The Morgan fingerprint density at radius 3 is 2.38 bits per heavy atom. The Kier molecular flexibility index (Phi) is 5.22. The highest BCUT2D eigenvalue weighted by Crippen LogP contribution is 2.35. The first-order valence-electron chi connectivity index (χ1n) is 7.72. The Morgan fingerprint density at radius 1 is 1.25 bits per heavy atom. The number of thioether (sulfide) groups is 1. The van der Waals surface area contributed by atoms with Crippen molar-refractivity contribution in [1.82, 2.24) is 9.47 Å². The molecule has 2 amide bonds. The Morgan fingerprint density at radius 2 is 1.88 bits per heavy atom. The van der Waals surface area contributed by atoms with E-state index in [0.29, 0.717) is 10.9 Å². The van der Waals surface area contributed by atoms with Gasteiger partial charge < -0.3 is 9.30 Å². The van der Waals surface area contributed by atoms with Crippen molar-refractivity contribution in [1.29, 1.82) is 0 Å². The van der Waals surface area contributed by atoms with Crippen LogP contribution in [0.1, 0.15) is 43.8 Å². The van der Waals surface area contributed by atoms with Crippen LogP contribution in [0.2, 0.25) is 0 Å². The van der Waals surface area contributed by atoms with Gasteiger partial charge in [-0.05, 0) is 64.1 Å². The van der Waals surface area contributed by atoms with Gasteiger partial charge in [-0.3, -0.25) is 14.5 Å². The van der Waals surface area contributed by atoms with Crippen LogP contribution in [-0.2, 0) is 14.3 Å². The Balaban J connectivity index is 2.36. The third-order valence-corrected chi connectivity index (χ3v) is 4.96. The SMILES string of the molecule is COC(=O)[C@@H](C)N1C(=O)S/C(=C\c2cc(C)n(C(C)C)c2C)C1=O. The lowest BCUT2D eigenvalue weighted by Gasteiger charge is -2.18. The molecule has 0 radical (unpaired) electrons. The molecule has 1 aliphatic heterocycles. The molecule has 130 valence electrons. The van der Waals surface area contributed by atoms with Crippen molar-refractivity contribution < 1.29 is 19.1 Å². The molecule has 0 aromatic carbocycles. The van der Waals surface area contributed by atoms with Crippen molar-refractivity contribution >= 4 is 35.0 Å². The van der Waals surface area contributed by atoms with E-state index in [9.17, 15) is 14.4 Å². The zero-order chi connectivity index (χ0) is 18.2. The molecule has 2 heterocycles. The normalized spacial score (nSPS) is 18.0. The van der Waals surface area contributed by atoms with Crippen LogP contribution in [0.4, 0.5) is 4.79 Å². The molecule has 0 unspecified atom stereocenters. The van der Waals surface area contributed by atoms with Crippen LogP contribution in [0.15, 0.2) is 11.0 Å². The van der Waals surface area contributed by atoms with E-state index in [1.807, 2.05) is 19.9 Å². The summed E-state index contributed by atoms with van der Waals surface area (Å²) in [6.07, 6.45) is 1.72. The molecule has 24 heavy (non-hydrogen) atoms. The maximum atomic E-state index is 12.5. The molecule has 7 heteroatoms. The largest absolute Gasteiger partial charge is 0.467 e. The van der Waals surface area contributed by atoms with E-state index in [1.54, 1.807) is 6.08 Å². The van der Waals surface area contributed by atoms with E-state index in [4.69, 9.17) is 0 Å². The number of rotatable bonds is 4. The zero-order valence-corrected chi connectivity index (χ0v) is 15.6. The minimum atomic E-state index is -0.934. The topological polar surface area (TPSA) is 68.6 Å². The molecular formula is C17H22N2O4S. The molecule has 2 rings (SSSR count). The van der Waals surface area contributed by atoms with Gasteiger partial charge in [-0.25, -0.2) is 4.79 Å². The second-order valence-electron chi connectivity index (χ2n) is 6.04. The van der Waals surface area contributed by atoms with Gasteiger partial charge in [-0.1, -0.05) is 0 Å². The molecule has 1 aromatic rings. The van der Waals surface area contributed by atoms with E-state index in [-0.39, 0.29) is 0 Å². The van der Waals surface area contributed by atoms with Gasteiger partial charge in [0.05, 0.1) is 12.0 Å². The number of esters is 1. The van der Waals surface area contributed by atoms with Gasteiger partial charge in [-0.15, -0.1) is 0 Å². The van der Waals surface area contributed by atoms with Crippen LogP contribution in [0.5, 0.6) is 0 Å². The quantitative estimate of drug-likeness (QED) is 0.616. The summed E-state index contributed by atoms with van der Waals surface area (Å²) in [7, 11) is 1.23.